The van der Waals surface area contributed by atoms with Crippen molar-refractivity contribution < 1.29 is 19.1 Å². The van der Waals surface area contributed by atoms with E-state index in [4.69, 9.17) is 10.5 Å². The van der Waals surface area contributed by atoms with Gasteiger partial charge in [-0.3, -0.25) is 9.59 Å². The van der Waals surface area contributed by atoms with E-state index in [1.54, 1.807) is 20.8 Å². The van der Waals surface area contributed by atoms with Crippen LogP contribution in [0.2, 0.25) is 0 Å². The molecule has 19 heavy (non-hydrogen) atoms. The van der Waals surface area contributed by atoms with Gasteiger partial charge in [0.1, 0.15) is 6.04 Å². The summed E-state index contributed by atoms with van der Waals surface area (Å²) >= 11 is 0. The fourth-order valence-corrected chi connectivity index (χ4v) is 1.91. The zero-order valence-corrected chi connectivity index (χ0v) is 11.6. The predicted octanol–water partition coefficient (Wildman–Crippen LogP) is -0.0126. The molecule has 3 N–H and O–H groups in total. The molecule has 0 radical (unpaired) electrons. The Morgan fingerprint density at radius 2 is 2.00 bits per heavy atom. The molecule has 1 aliphatic heterocycles. The lowest BCUT2D eigenvalue weighted by Gasteiger charge is -2.23. The SMILES string of the molecule is CC(C)(C)NC(=O)OCC(=O)N1CCCC1C(N)=O. The maximum atomic E-state index is 11.8. The van der Waals surface area contributed by atoms with Crippen molar-refractivity contribution in [3.63, 3.8) is 0 Å². The number of rotatable bonds is 3. The van der Waals surface area contributed by atoms with Gasteiger partial charge in [0.2, 0.25) is 5.91 Å². The minimum absolute atomic E-state index is 0.383. The van der Waals surface area contributed by atoms with E-state index in [2.05, 4.69) is 5.32 Å². The molecule has 1 saturated heterocycles. The van der Waals surface area contributed by atoms with Crippen LogP contribution in [0, 0.1) is 0 Å². The number of amides is 3. The minimum Gasteiger partial charge on any atom is -0.439 e. The van der Waals surface area contributed by atoms with E-state index >= 15 is 0 Å². The molecule has 0 aliphatic carbocycles. The van der Waals surface area contributed by atoms with Gasteiger partial charge in [-0.05, 0) is 33.6 Å². The highest BCUT2D eigenvalue weighted by Gasteiger charge is 2.33. The van der Waals surface area contributed by atoms with Gasteiger partial charge in [-0.1, -0.05) is 0 Å². The normalized spacial score (nSPS) is 19.1. The van der Waals surface area contributed by atoms with Gasteiger partial charge in [0.05, 0.1) is 0 Å². The van der Waals surface area contributed by atoms with Gasteiger partial charge in [0, 0.05) is 12.1 Å². The summed E-state index contributed by atoms with van der Waals surface area (Å²) in [6.07, 6.45) is 0.638. The zero-order chi connectivity index (χ0) is 14.6. The van der Waals surface area contributed by atoms with Crippen LogP contribution < -0.4 is 11.1 Å². The number of hydrogen-bond acceptors (Lipinski definition) is 4. The van der Waals surface area contributed by atoms with Gasteiger partial charge >= 0.3 is 6.09 Å². The highest BCUT2D eigenvalue weighted by molar-refractivity contribution is 5.88. The molecule has 0 aromatic carbocycles. The summed E-state index contributed by atoms with van der Waals surface area (Å²) in [6, 6.07) is -0.582. The van der Waals surface area contributed by atoms with E-state index in [-0.39, 0.29) is 6.61 Å². The van der Waals surface area contributed by atoms with Crippen LogP contribution in [0.5, 0.6) is 0 Å². The Balaban J connectivity index is 2.43. The number of nitrogens with two attached hydrogens (primary N) is 1. The lowest BCUT2D eigenvalue weighted by molar-refractivity contribution is -0.139. The van der Waals surface area contributed by atoms with Crippen LogP contribution in [0.4, 0.5) is 4.79 Å². The number of nitrogens with one attached hydrogen (secondary N) is 1. The van der Waals surface area contributed by atoms with Gasteiger partial charge in [0.15, 0.2) is 6.61 Å². The van der Waals surface area contributed by atoms with Crippen molar-refractivity contribution in [3.8, 4) is 0 Å². The first-order valence-electron chi connectivity index (χ1n) is 6.24. The van der Waals surface area contributed by atoms with Crippen LogP contribution in [0.25, 0.3) is 0 Å². The number of alkyl carbamates (subject to hydrolysis) is 1. The Kier molecular flexibility index (Phi) is 4.74. The summed E-state index contributed by atoms with van der Waals surface area (Å²) in [6.45, 7) is 5.50. The smallest absolute Gasteiger partial charge is 0.408 e. The Hall–Kier alpha value is -1.79. The third kappa shape index (κ3) is 4.76. The number of nitrogens with zero attached hydrogens (tertiary/aromatic N) is 1. The minimum atomic E-state index is -0.657. The molecular weight excluding hydrogens is 250 g/mol. The molecule has 1 atom stereocenters. The lowest BCUT2D eigenvalue weighted by atomic mass is 10.1. The van der Waals surface area contributed by atoms with Gasteiger partial charge in [-0.2, -0.15) is 0 Å². The average Bonchev–Trinajstić information content (AvgIpc) is 2.72. The Morgan fingerprint density at radius 3 is 2.53 bits per heavy atom. The summed E-state index contributed by atoms with van der Waals surface area (Å²) in [7, 11) is 0. The summed E-state index contributed by atoms with van der Waals surface area (Å²) < 4.78 is 4.83. The van der Waals surface area contributed by atoms with Crippen molar-refractivity contribution in [1.29, 1.82) is 0 Å². The van der Waals surface area contributed by atoms with Gasteiger partial charge in [-0.15, -0.1) is 0 Å². The van der Waals surface area contributed by atoms with Crippen molar-refractivity contribution in [2.75, 3.05) is 13.2 Å². The Bertz CT molecular complexity index is 376. The van der Waals surface area contributed by atoms with Crippen LogP contribution in [-0.2, 0) is 14.3 Å². The second kappa shape index (κ2) is 5.90. The molecule has 1 heterocycles. The van der Waals surface area contributed by atoms with Crippen LogP contribution in [-0.4, -0.2) is 47.5 Å². The van der Waals surface area contributed by atoms with E-state index in [1.165, 1.54) is 4.90 Å². The number of carbonyl (C=O) groups excluding carboxylic acids is 3. The largest absolute Gasteiger partial charge is 0.439 e. The second-order valence-corrected chi connectivity index (χ2v) is 5.60. The van der Waals surface area contributed by atoms with E-state index in [0.29, 0.717) is 13.0 Å². The third-order valence-electron chi connectivity index (χ3n) is 2.71. The first-order valence-corrected chi connectivity index (χ1v) is 6.24. The molecule has 1 unspecified atom stereocenters. The molecular formula is C12H21N3O4. The molecule has 0 bridgehead atoms. The topological polar surface area (TPSA) is 102 Å². The molecule has 0 aromatic heterocycles. The monoisotopic (exact) mass is 271 g/mol. The summed E-state index contributed by atoms with van der Waals surface area (Å²) in [4.78, 5) is 35.8. The highest BCUT2D eigenvalue weighted by Crippen LogP contribution is 2.16. The van der Waals surface area contributed by atoms with Crippen molar-refractivity contribution >= 4 is 17.9 Å². The summed E-state index contributed by atoms with van der Waals surface area (Å²) in [5.74, 6) is -0.921. The molecule has 7 nitrogen and oxygen atoms in total. The first kappa shape index (κ1) is 15.3. The van der Waals surface area contributed by atoms with E-state index in [0.717, 1.165) is 6.42 Å². The molecule has 1 aliphatic rings. The van der Waals surface area contributed by atoms with Gasteiger partial charge < -0.3 is 20.7 Å². The standard InChI is InChI=1S/C12H21N3O4/c1-12(2,3)14-11(18)19-7-9(16)15-6-4-5-8(15)10(13)17/h8H,4-7H2,1-3H3,(H2,13,17)(H,14,18). The number of likely N-dealkylation sites (tertiary alicyclic amines) is 1. The van der Waals surface area contributed by atoms with Crippen LogP contribution in [0.1, 0.15) is 33.6 Å². The number of carbonyl (C=O) groups is 3. The Labute approximate surface area is 112 Å². The quantitative estimate of drug-likeness (QED) is 0.753. The van der Waals surface area contributed by atoms with E-state index in [9.17, 15) is 14.4 Å². The summed E-state index contributed by atoms with van der Waals surface area (Å²) in [5.41, 5.74) is 4.79. The van der Waals surface area contributed by atoms with E-state index < -0.39 is 29.5 Å². The third-order valence-corrected chi connectivity index (χ3v) is 2.71. The molecule has 1 fully saturated rings. The average molecular weight is 271 g/mol. The maximum absolute atomic E-state index is 11.8. The van der Waals surface area contributed by atoms with Gasteiger partial charge in [-0.25, -0.2) is 4.79 Å². The van der Waals surface area contributed by atoms with Crippen LogP contribution >= 0.6 is 0 Å². The predicted molar refractivity (Wildman–Crippen MR) is 68.2 cm³/mol. The molecule has 108 valence electrons. The van der Waals surface area contributed by atoms with Crippen molar-refractivity contribution in [2.24, 2.45) is 5.73 Å². The summed E-state index contributed by atoms with van der Waals surface area (Å²) in [5, 5.41) is 2.58. The van der Waals surface area contributed by atoms with E-state index in [1.807, 2.05) is 0 Å². The first-order chi connectivity index (χ1) is 8.70. The van der Waals surface area contributed by atoms with Gasteiger partial charge in [0.25, 0.3) is 5.91 Å². The fourth-order valence-electron chi connectivity index (χ4n) is 1.91. The second-order valence-electron chi connectivity index (χ2n) is 5.60. The van der Waals surface area contributed by atoms with Crippen molar-refractivity contribution in [2.45, 2.75) is 45.2 Å². The lowest BCUT2D eigenvalue weighted by Crippen LogP contribution is -2.46. The molecule has 7 heteroatoms. The molecule has 0 aromatic rings. The molecule has 0 spiro atoms. The zero-order valence-electron chi connectivity index (χ0n) is 11.6. The van der Waals surface area contributed by atoms with Crippen LogP contribution in [0.3, 0.4) is 0 Å². The molecule has 3 amide bonds. The van der Waals surface area contributed by atoms with Crippen LogP contribution in [0.15, 0.2) is 0 Å². The highest BCUT2D eigenvalue weighted by atomic mass is 16.6. The Morgan fingerprint density at radius 1 is 1.37 bits per heavy atom. The fraction of sp³-hybridized carbons (Fsp3) is 0.750. The maximum Gasteiger partial charge on any atom is 0.408 e. The number of primary amides is 1. The molecule has 0 saturated carbocycles. The number of hydrogen-bond donors (Lipinski definition) is 2. The number of ether oxygens (including phenoxy) is 1. The van der Waals surface area contributed by atoms with Crippen molar-refractivity contribution in [1.82, 2.24) is 10.2 Å². The molecule has 1 rings (SSSR count). The van der Waals surface area contributed by atoms with Crippen molar-refractivity contribution in [3.05, 3.63) is 0 Å².